The number of carbonyl (C=O) groups excluding carboxylic acids is 1. The molecule has 0 aliphatic rings. The second-order valence-corrected chi connectivity index (χ2v) is 7.84. The first-order valence-electron chi connectivity index (χ1n) is 8.63. The summed E-state index contributed by atoms with van der Waals surface area (Å²) in [7, 11) is -3.74. The van der Waals surface area contributed by atoms with Crippen molar-refractivity contribution in [2.45, 2.75) is 30.7 Å². The van der Waals surface area contributed by atoms with E-state index in [9.17, 15) is 13.2 Å². The summed E-state index contributed by atoms with van der Waals surface area (Å²) in [5.74, 6) is 0.695. The predicted octanol–water partition coefficient (Wildman–Crippen LogP) is 2.19. The van der Waals surface area contributed by atoms with Gasteiger partial charge in [0.15, 0.2) is 0 Å². The number of nitrogens with one attached hydrogen (secondary N) is 1. The van der Waals surface area contributed by atoms with Gasteiger partial charge in [-0.1, -0.05) is 47.6 Å². The smallest absolute Gasteiger partial charge is 0.238 e. The number of amides is 1. The van der Waals surface area contributed by atoms with Gasteiger partial charge >= 0.3 is 0 Å². The van der Waals surface area contributed by atoms with Crippen molar-refractivity contribution in [3.63, 3.8) is 0 Å². The maximum absolute atomic E-state index is 12.2. The van der Waals surface area contributed by atoms with E-state index in [0.717, 1.165) is 11.1 Å². The lowest BCUT2D eigenvalue weighted by Gasteiger charge is -2.14. The van der Waals surface area contributed by atoms with Crippen LogP contribution < -0.4 is 10.5 Å². The van der Waals surface area contributed by atoms with Gasteiger partial charge in [0.25, 0.3) is 0 Å². The monoisotopic (exact) mass is 400 g/mol. The average Bonchev–Trinajstić information content (AvgIpc) is 3.15. The van der Waals surface area contributed by atoms with Crippen molar-refractivity contribution in [2.24, 2.45) is 5.14 Å². The van der Waals surface area contributed by atoms with Gasteiger partial charge in [-0.2, -0.15) is 4.98 Å². The number of hydrogen-bond donors (Lipinski definition) is 2. The lowest BCUT2D eigenvalue weighted by atomic mass is 10.1. The third-order valence-electron chi connectivity index (χ3n) is 4.15. The highest BCUT2D eigenvalue weighted by Gasteiger charge is 2.14. The molecular weight excluding hydrogens is 380 g/mol. The van der Waals surface area contributed by atoms with Gasteiger partial charge in [-0.25, -0.2) is 13.6 Å². The van der Waals surface area contributed by atoms with Crippen LogP contribution in [0.4, 0.5) is 0 Å². The first-order chi connectivity index (χ1) is 13.3. The molecule has 0 saturated carbocycles. The molecule has 9 heteroatoms. The fraction of sp³-hybridized carbons (Fsp3) is 0.211. The number of carbonyl (C=O) groups is 1. The highest BCUT2D eigenvalue weighted by atomic mass is 32.2. The average molecular weight is 400 g/mol. The number of hydrogen-bond acceptors (Lipinski definition) is 6. The van der Waals surface area contributed by atoms with E-state index < -0.39 is 10.0 Å². The Morgan fingerprint density at radius 1 is 1.14 bits per heavy atom. The van der Waals surface area contributed by atoms with E-state index in [1.807, 2.05) is 37.3 Å². The van der Waals surface area contributed by atoms with Gasteiger partial charge < -0.3 is 9.84 Å². The summed E-state index contributed by atoms with van der Waals surface area (Å²) >= 11 is 0. The Bertz CT molecular complexity index is 1050. The van der Waals surface area contributed by atoms with Crippen molar-refractivity contribution in [2.75, 3.05) is 0 Å². The van der Waals surface area contributed by atoms with Crippen molar-refractivity contribution in [1.82, 2.24) is 15.5 Å². The van der Waals surface area contributed by atoms with Crippen molar-refractivity contribution in [1.29, 1.82) is 0 Å². The molecule has 3 rings (SSSR count). The van der Waals surface area contributed by atoms with Gasteiger partial charge in [-0.05, 0) is 24.6 Å². The number of nitrogens with zero attached hydrogens (tertiary/aromatic N) is 2. The summed E-state index contributed by atoms with van der Waals surface area (Å²) in [6, 6.07) is 15.2. The minimum Gasteiger partial charge on any atom is -0.350 e. The summed E-state index contributed by atoms with van der Waals surface area (Å²) in [6.45, 7) is 1.81. The molecule has 1 aromatic heterocycles. The molecule has 0 aliphatic carbocycles. The van der Waals surface area contributed by atoms with Crippen molar-refractivity contribution in [3.8, 4) is 11.4 Å². The highest BCUT2D eigenvalue weighted by Crippen LogP contribution is 2.17. The van der Waals surface area contributed by atoms with Crippen LogP contribution in [0.1, 0.15) is 30.8 Å². The number of primary sulfonamides is 1. The van der Waals surface area contributed by atoms with Gasteiger partial charge in [-0.15, -0.1) is 0 Å². The molecule has 146 valence electrons. The highest BCUT2D eigenvalue weighted by molar-refractivity contribution is 7.89. The lowest BCUT2D eigenvalue weighted by molar-refractivity contribution is -0.121. The van der Waals surface area contributed by atoms with Gasteiger partial charge in [0.05, 0.1) is 10.9 Å². The van der Waals surface area contributed by atoms with Crippen LogP contribution in [0, 0.1) is 0 Å². The lowest BCUT2D eigenvalue weighted by Crippen LogP contribution is -2.26. The summed E-state index contributed by atoms with van der Waals surface area (Å²) in [4.78, 5) is 16.5. The quantitative estimate of drug-likeness (QED) is 0.626. The topological polar surface area (TPSA) is 128 Å². The normalized spacial score (nSPS) is 12.5. The predicted molar refractivity (Wildman–Crippen MR) is 102 cm³/mol. The fourth-order valence-electron chi connectivity index (χ4n) is 2.62. The maximum Gasteiger partial charge on any atom is 0.238 e. The molecule has 0 saturated heterocycles. The fourth-order valence-corrected chi connectivity index (χ4v) is 3.14. The number of aryl methyl sites for hydroxylation is 1. The molecule has 3 aromatic rings. The third kappa shape index (κ3) is 5.02. The minimum absolute atomic E-state index is 0.0281. The second-order valence-electron chi connectivity index (χ2n) is 6.28. The maximum atomic E-state index is 12.2. The van der Waals surface area contributed by atoms with Crippen LogP contribution in [0.5, 0.6) is 0 Å². The number of nitrogens with two attached hydrogens (primary N) is 1. The molecule has 0 bridgehead atoms. The minimum atomic E-state index is -3.74. The molecule has 0 aliphatic heterocycles. The summed E-state index contributed by atoms with van der Waals surface area (Å²) in [5.41, 5.74) is 1.61. The molecule has 0 fully saturated rings. The molecule has 0 spiro atoms. The van der Waals surface area contributed by atoms with E-state index in [-0.39, 0.29) is 23.3 Å². The number of benzene rings is 2. The van der Waals surface area contributed by atoms with Crippen molar-refractivity contribution < 1.29 is 17.7 Å². The van der Waals surface area contributed by atoms with Crippen LogP contribution in [0.3, 0.4) is 0 Å². The van der Waals surface area contributed by atoms with Crippen molar-refractivity contribution in [3.05, 3.63) is 66.1 Å². The van der Waals surface area contributed by atoms with E-state index in [1.54, 1.807) is 12.1 Å². The second kappa shape index (κ2) is 8.32. The number of aromatic nitrogens is 2. The molecule has 1 atom stereocenters. The van der Waals surface area contributed by atoms with E-state index in [2.05, 4.69) is 15.5 Å². The van der Waals surface area contributed by atoms with Gasteiger partial charge in [0, 0.05) is 18.4 Å². The largest absolute Gasteiger partial charge is 0.350 e. The molecule has 1 heterocycles. The SMILES string of the molecule is C[C@@H](NC(=O)CCc1nc(-c2ccccc2)no1)c1ccc(S(N)(=O)=O)cc1. The van der Waals surface area contributed by atoms with Crippen LogP contribution >= 0.6 is 0 Å². The van der Waals surface area contributed by atoms with Crippen LogP contribution in [-0.2, 0) is 21.2 Å². The third-order valence-corrected chi connectivity index (χ3v) is 5.08. The number of rotatable bonds is 7. The Balaban J connectivity index is 1.54. The molecule has 0 unspecified atom stereocenters. The summed E-state index contributed by atoms with van der Waals surface area (Å²) < 4.78 is 27.8. The Morgan fingerprint density at radius 3 is 2.46 bits per heavy atom. The van der Waals surface area contributed by atoms with E-state index in [1.165, 1.54) is 12.1 Å². The van der Waals surface area contributed by atoms with Crippen LogP contribution in [0.15, 0.2) is 64.0 Å². The number of sulfonamides is 1. The molecule has 1 amide bonds. The molecule has 28 heavy (non-hydrogen) atoms. The molecule has 3 N–H and O–H groups in total. The van der Waals surface area contributed by atoms with Gasteiger partial charge in [0.1, 0.15) is 0 Å². The first-order valence-corrected chi connectivity index (χ1v) is 10.2. The summed E-state index contributed by atoms with van der Waals surface area (Å²) in [6.07, 6.45) is 0.513. The van der Waals surface area contributed by atoms with E-state index >= 15 is 0 Å². The van der Waals surface area contributed by atoms with E-state index in [4.69, 9.17) is 9.66 Å². The van der Waals surface area contributed by atoms with Gasteiger partial charge in [-0.3, -0.25) is 4.79 Å². The molecule has 2 aromatic carbocycles. The van der Waals surface area contributed by atoms with Crippen molar-refractivity contribution >= 4 is 15.9 Å². The zero-order chi connectivity index (χ0) is 20.1. The first kappa shape index (κ1) is 19.7. The van der Waals surface area contributed by atoms with Crippen LogP contribution in [0.2, 0.25) is 0 Å². The van der Waals surface area contributed by atoms with E-state index in [0.29, 0.717) is 18.1 Å². The summed E-state index contributed by atoms with van der Waals surface area (Å²) in [5, 5.41) is 11.9. The molecule has 0 radical (unpaired) electrons. The zero-order valence-corrected chi connectivity index (χ0v) is 16.0. The standard InChI is InChI=1S/C19H20N4O4S/c1-13(14-7-9-16(10-8-14)28(20,25)26)21-17(24)11-12-18-22-19(23-27-18)15-5-3-2-4-6-15/h2-10,13H,11-12H2,1H3,(H,21,24)(H2,20,25,26)/t13-/m1/s1. The van der Waals surface area contributed by atoms with Gasteiger partial charge in [0.2, 0.25) is 27.6 Å². The van der Waals surface area contributed by atoms with Crippen LogP contribution in [-0.4, -0.2) is 24.5 Å². The molecular formula is C19H20N4O4S. The molecule has 8 nitrogen and oxygen atoms in total. The Morgan fingerprint density at radius 2 is 1.82 bits per heavy atom. The Kier molecular flexibility index (Phi) is 5.86. The zero-order valence-electron chi connectivity index (χ0n) is 15.2. The Hall–Kier alpha value is -3.04. The Labute approximate surface area is 162 Å². The van der Waals surface area contributed by atoms with Crippen LogP contribution in [0.25, 0.3) is 11.4 Å².